The molecule has 0 unspecified atom stereocenters. The summed E-state index contributed by atoms with van der Waals surface area (Å²) in [6, 6.07) is 5.63. The summed E-state index contributed by atoms with van der Waals surface area (Å²) in [5.41, 5.74) is 0.124. The molecular formula is C13H13NO5. The monoisotopic (exact) mass is 263 g/mol. The average molecular weight is 263 g/mol. The molecule has 1 heterocycles. The van der Waals surface area contributed by atoms with Gasteiger partial charge < -0.3 is 19.5 Å². The van der Waals surface area contributed by atoms with Crippen LogP contribution in [0.5, 0.6) is 5.75 Å². The Kier molecular flexibility index (Phi) is 3.41. The van der Waals surface area contributed by atoms with E-state index in [2.05, 4.69) is 0 Å². The molecule has 1 aromatic heterocycles. The summed E-state index contributed by atoms with van der Waals surface area (Å²) in [6.45, 7) is 2.02. The van der Waals surface area contributed by atoms with Crippen LogP contribution in [0, 0.1) is 0 Å². The number of carbonyl (C=O) groups is 1. The highest BCUT2D eigenvalue weighted by molar-refractivity contribution is 5.92. The van der Waals surface area contributed by atoms with Crippen LogP contribution >= 0.6 is 0 Å². The smallest absolute Gasteiger partial charge is 0.338 e. The number of rotatable bonds is 4. The number of carboxylic acid groups (broad SMARTS) is 1. The van der Waals surface area contributed by atoms with Crippen LogP contribution < -0.4 is 10.5 Å². The maximum atomic E-state index is 11.5. The number of phenolic OH excluding ortho intramolecular Hbond substituents is 1. The topological polar surface area (TPSA) is 91.0 Å². The van der Waals surface area contributed by atoms with Crippen molar-refractivity contribution >= 4 is 22.6 Å². The lowest BCUT2D eigenvalue weighted by molar-refractivity contribution is -0.135. The molecule has 0 fully saturated rings. The van der Waals surface area contributed by atoms with Crippen LogP contribution in [0.2, 0.25) is 0 Å². The van der Waals surface area contributed by atoms with Crippen molar-refractivity contribution < 1.29 is 19.4 Å². The lowest BCUT2D eigenvalue weighted by Gasteiger charge is -2.21. The molecule has 0 aliphatic rings. The predicted molar refractivity (Wildman–Crippen MR) is 69.7 cm³/mol. The zero-order valence-corrected chi connectivity index (χ0v) is 10.3. The van der Waals surface area contributed by atoms with Gasteiger partial charge in [-0.3, -0.25) is 4.79 Å². The van der Waals surface area contributed by atoms with Crippen molar-refractivity contribution in [3.63, 3.8) is 0 Å². The second-order valence-electron chi connectivity index (χ2n) is 4.04. The number of phenols is 1. The Balaban J connectivity index is 2.64. The molecule has 100 valence electrons. The quantitative estimate of drug-likeness (QED) is 0.810. The van der Waals surface area contributed by atoms with E-state index in [4.69, 9.17) is 9.52 Å². The van der Waals surface area contributed by atoms with E-state index in [1.54, 1.807) is 17.9 Å². The predicted octanol–water partition coefficient (Wildman–Crippen LogP) is 1.41. The van der Waals surface area contributed by atoms with E-state index in [1.165, 1.54) is 18.2 Å². The Morgan fingerprint density at radius 3 is 2.74 bits per heavy atom. The van der Waals surface area contributed by atoms with Gasteiger partial charge in [0.1, 0.15) is 17.9 Å². The first-order valence-electron chi connectivity index (χ1n) is 5.75. The number of aromatic hydroxyl groups is 1. The first-order valence-corrected chi connectivity index (χ1v) is 5.75. The van der Waals surface area contributed by atoms with Crippen molar-refractivity contribution in [3.8, 4) is 5.75 Å². The van der Waals surface area contributed by atoms with Crippen LogP contribution in [0.15, 0.2) is 33.5 Å². The van der Waals surface area contributed by atoms with Crippen LogP contribution in [0.1, 0.15) is 6.92 Å². The van der Waals surface area contributed by atoms with Gasteiger partial charge in [0, 0.05) is 24.1 Å². The van der Waals surface area contributed by atoms with Gasteiger partial charge in [-0.05, 0) is 19.1 Å². The van der Waals surface area contributed by atoms with E-state index in [-0.39, 0.29) is 17.9 Å². The van der Waals surface area contributed by atoms with Gasteiger partial charge in [-0.25, -0.2) is 4.79 Å². The number of fused-ring (bicyclic) bond motifs is 1. The van der Waals surface area contributed by atoms with Crippen molar-refractivity contribution in [2.24, 2.45) is 0 Å². The molecule has 19 heavy (non-hydrogen) atoms. The molecule has 0 amide bonds. The van der Waals surface area contributed by atoms with Crippen LogP contribution in [0.3, 0.4) is 0 Å². The first-order chi connectivity index (χ1) is 9.01. The summed E-state index contributed by atoms with van der Waals surface area (Å²) in [4.78, 5) is 23.9. The fourth-order valence-electron chi connectivity index (χ4n) is 1.93. The molecule has 1 aromatic carbocycles. The van der Waals surface area contributed by atoms with E-state index in [9.17, 15) is 14.7 Å². The van der Waals surface area contributed by atoms with E-state index in [0.29, 0.717) is 17.6 Å². The minimum absolute atomic E-state index is 0.0194. The third kappa shape index (κ3) is 2.67. The Morgan fingerprint density at radius 1 is 1.37 bits per heavy atom. The second-order valence-corrected chi connectivity index (χ2v) is 4.04. The molecule has 0 saturated heterocycles. The lowest BCUT2D eigenvalue weighted by Crippen LogP contribution is -2.30. The lowest BCUT2D eigenvalue weighted by atomic mass is 10.2. The van der Waals surface area contributed by atoms with Crippen LogP contribution in [0.4, 0.5) is 5.69 Å². The van der Waals surface area contributed by atoms with Gasteiger partial charge in [-0.2, -0.15) is 0 Å². The first kappa shape index (κ1) is 12.9. The highest BCUT2D eigenvalue weighted by Crippen LogP contribution is 2.27. The van der Waals surface area contributed by atoms with E-state index in [1.807, 2.05) is 0 Å². The van der Waals surface area contributed by atoms with Crippen molar-refractivity contribution in [1.29, 1.82) is 0 Å². The van der Waals surface area contributed by atoms with Crippen molar-refractivity contribution in [2.75, 3.05) is 18.0 Å². The molecule has 6 nitrogen and oxygen atoms in total. The normalized spacial score (nSPS) is 10.6. The van der Waals surface area contributed by atoms with Crippen LogP contribution in [-0.2, 0) is 4.79 Å². The number of likely N-dealkylation sites (N-methyl/N-ethyl adjacent to an activating group) is 1. The van der Waals surface area contributed by atoms with Gasteiger partial charge >= 0.3 is 11.6 Å². The van der Waals surface area contributed by atoms with E-state index < -0.39 is 11.6 Å². The molecule has 2 rings (SSSR count). The van der Waals surface area contributed by atoms with Gasteiger partial charge in [0.15, 0.2) is 0 Å². The molecule has 6 heteroatoms. The molecule has 0 spiro atoms. The average Bonchev–Trinajstić information content (AvgIpc) is 2.34. The SMILES string of the molecule is CCN(CC(=O)O)c1cc(=O)oc2cc(O)ccc12. The molecule has 0 aliphatic carbocycles. The summed E-state index contributed by atoms with van der Waals surface area (Å²) >= 11 is 0. The van der Waals surface area contributed by atoms with E-state index >= 15 is 0 Å². The number of nitrogens with zero attached hydrogens (tertiary/aromatic N) is 1. The third-order valence-corrected chi connectivity index (χ3v) is 2.75. The van der Waals surface area contributed by atoms with Crippen LogP contribution in [0.25, 0.3) is 11.0 Å². The van der Waals surface area contributed by atoms with Crippen molar-refractivity contribution in [3.05, 3.63) is 34.7 Å². The number of benzene rings is 1. The van der Waals surface area contributed by atoms with Gasteiger partial charge in [-0.1, -0.05) is 0 Å². The third-order valence-electron chi connectivity index (χ3n) is 2.75. The number of carboxylic acids is 1. The minimum atomic E-state index is -0.984. The van der Waals surface area contributed by atoms with Gasteiger partial charge in [0.25, 0.3) is 0 Å². The zero-order valence-electron chi connectivity index (χ0n) is 10.3. The molecule has 0 atom stereocenters. The molecule has 0 saturated carbocycles. The van der Waals surface area contributed by atoms with Crippen molar-refractivity contribution in [2.45, 2.75) is 6.92 Å². The summed E-state index contributed by atoms with van der Waals surface area (Å²) < 4.78 is 4.99. The van der Waals surface area contributed by atoms with Gasteiger partial charge in [0.05, 0.1) is 5.69 Å². The Hall–Kier alpha value is -2.50. The number of anilines is 1. The Bertz CT molecular complexity index is 676. The maximum Gasteiger partial charge on any atom is 0.338 e. The van der Waals surface area contributed by atoms with E-state index in [0.717, 1.165) is 0 Å². The zero-order chi connectivity index (χ0) is 14.0. The summed E-state index contributed by atoms with van der Waals surface area (Å²) in [5.74, 6) is -1.00. The largest absolute Gasteiger partial charge is 0.508 e. The molecule has 0 bridgehead atoms. The van der Waals surface area contributed by atoms with Crippen LogP contribution in [-0.4, -0.2) is 29.3 Å². The summed E-state index contributed by atoms with van der Waals surface area (Å²) in [5, 5.41) is 18.8. The Morgan fingerprint density at radius 2 is 2.11 bits per heavy atom. The highest BCUT2D eigenvalue weighted by Gasteiger charge is 2.14. The second kappa shape index (κ2) is 5.01. The maximum absolute atomic E-state index is 11.5. The molecule has 2 aromatic rings. The molecule has 2 N–H and O–H groups in total. The number of hydrogen-bond acceptors (Lipinski definition) is 5. The van der Waals surface area contributed by atoms with Gasteiger partial charge in [-0.15, -0.1) is 0 Å². The standard InChI is InChI=1S/C13H13NO5/c1-2-14(7-12(16)17)10-6-13(18)19-11-5-8(15)3-4-9(10)11/h3-6,15H,2,7H2,1H3,(H,16,17). The highest BCUT2D eigenvalue weighted by atomic mass is 16.4. The Labute approximate surface area is 108 Å². The summed E-state index contributed by atoms with van der Waals surface area (Å²) in [6.07, 6.45) is 0. The molecule has 0 aliphatic heterocycles. The van der Waals surface area contributed by atoms with Gasteiger partial charge in [0.2, 0.25) is 0 Å². The number of hydrogen-bond donors (Lipinski definition) is 2. The molecular weight excluding hydrogens is 250 g/mol. The molecule has 0 radical (unpaired) electrons. The van der Waals surface area contributed by atoms with Crippen molar-refractivity contribution in [1.82, 2.24) is 0 Å². The number of aliphatic carboxylic acids is 1. The fraction of sp³-hybridized carbons (Fsp3) is 0.231. The fourth-order valence-corrected chi connectivity index (χ4v) is 1.93. The summed E-state index contributed by atoms with van der Waals surface area (Å²) in [7, 11) is 0. The minimum Gasteiger partial charge on any atom is -0.508 e.